The molecule has 0 aliphatic carbocycles. The number of aryl methyl sites for hydroxylation is 1. The third-order valence-electron chi connectivity index (χ3n) is 1.42. The van der Waals surface area contributed by atoms with Gasteiger partial charge in [-0.1, -0.05) is 0 Å². The van der Waals surface area contributed by atoms with Crippen molar-refractivity contribution in [2.24, 2.45) is 0 Å². The maximum Gasteiger partial charge on any atom is 0.332 e. The van der Waals surface area contributed by atoms with Crippen molar-refractivity contribution in [1.82, 2.24) is 20.2 Å². The highest BCUT2D eigenvalue weighted by Crippen LogP contribution is 1.87. The second-order valence-corrected chi connectivity index (χ2v) is 2.62. The summed E-state index contributed by atoms with van der Waals surface area (Å²) in [5, 5.41) is 12.0. The molecule has 0 aliphatic heterocycles. The number of carboxylic acid groups (broad SMARTS) is 1. The molecule has 1 amide bonds. The molecule has 0 saturated carbocycles. The first-order chi connectivity index (χ1) is 7.18. The number of hydrogen-bond acceptors (Lipinski definition) is 5. The molecule has 0 aromatic carbocycles. The Bertz CT molecular complexity index is 324. The van der Waals surface area contributed by atoms with Crippen molar-refractivity contribution in [3.05, 3.63) is 12.7 Å². The predicted octanol–water partition coefficient (Wildman–Crippen LogP) is -1.20. The highest BCUT2D eigenvalue weighted by Gasteiger charge is 2.03. The van der Waals surface area contributed by atoms with Crippen LogP contribution in [0.2, 0.25) is 0 Å². The molecule has 0 aliphatic rings. The minimum Gasteiger partial charge on any atom is -0.479 e. The lowest BCUT2D eigenvalue weighted by Crippen LogP contribution is -2.27. The number of hydroxylamine groups is 1. The highest BCUT2D eigenvalue weighted by atomic mass is 16.7. The molecule has 82 valence electrons. The Kier molecular flexibility index (Phi) is 4.23. The Balaban J connectivity index is 2.11. The van der Waals surface area contributed by atoms with Gasteiger partial charge in [0.05, 0.1) is 6.54 Å². The molecule has 1 heterocycles. The Hall–Kier alpha value is -1.96. The van der Waals surface area contributed by atoms with Gasteiger partial charge < -0.3 is 5.11 Å². The summed E-state index contributed by atoms with van der Waals surface area (Å²) in [5.74, 6) is -1.56. The number of aliphatic carboxylic acids is 1. The highest BCUT2D eigenvalue weighted by molar-refractivity contribution is 5.75. The van der Waals surface area contributed by atoms with Gasteiger partial charge in [0.1, 0.15) is 12.7 Å². The van der Waals surface area contributed by atoms with Gasteiger partial charge in [0, 0.05) is 6.42 Å². The largest absolute Gasteiger partial charge is 0.479 e. The molecule has 15 heavy (non-hydrogen) atoms. The fraction of sp³-hybridized carbons (Fsp3) is 0.429. The van der Waals surface area contributed by atoms with Gasteiger partial charge in [0.15, 0.2) is 6.61 Å². The summed E-state index contributed by atoms with van der Waals surface area (Å²) in [6.45, 7) is -0.197. The molecule has 0 spiro atoms. The van der Waals surface area contributed by atoms with E-state index < -0.39 is 18.5 Å². The molecule has 0 fully saturated rings. The summed E-state index contributed by atoms with van der Waals surface area (Å²) in [5.41, 5.74) is 2.00. The second kappa shape index (κ2) is 5.70. The molecule has 0 bridgehead atoms. The van der Waals surface area contributed by atoms with Gasteiger partial charge in [-0.15, -0.1) is 0 Å². The lowest BCUT2D eigenvalue weighted by Gasteiger charge is -2.03. The number of aromatic nitrogens is 3. The Morgan fingerprint density at radius 1 is 1.53 bits per heavy atom. The molecule has 2 N–H and O–H groups in total. The standard InChI is InChI=1S/C7H10N4O4/c12-6(10-15-3-7(13)14)1-2-11-5-8-4-9-11/h4-5H,1-3H2,(H,10,12)(H,13,14). The molecular formula is C7H10N4O4. The first-order valence-electron chi connectivity index (χ1n) is 4.13. The van der Waals surface area contributed by atoms with E-state index in [1.54, 1.807) is 0 Å². The number of carbonyl (C=O) groups is 2. The zero-order chi connectivity index (χ0) is 11.1. The van der Waals surface area contributed by atoms with Gasteiger partial charge in [-0.3, -0.25) is 14.3 Å². The van der Waals surface area contributed by atoms with Gasteiger partial charge in [0.2, 0.25) is 5.91 Å². The molecule has 0 radical (unpaired) electrons. The quantitative estimate of drug-likeness (QED) is 0.576. The summed E-state index contributed by atoms with van der Waals surface area (Å²) in [7, 11) is 0. The van der Waals surface area contributed by atoms with Crippen molar-refractivity contribution >= 4 is 11.9 Å². The average Bonchev–Trinajstić information content (AvgIpc) is 2.66. The van der Waals surface area contributed by atoms with Crippen LogP contribution in [0.4, 0.5) is 0 Å². The number of rotatable bonds is 6. The third kappa shape index (κ3) is 4.72. The first-order valence-corrected chi connectivity index (χ1v) is 4.13. The normalized spacial score (nSPS) is 9.87. The number of hydrogen-bond donors (Lipinski definition) is 2. The molecular weight excluding hydrogens is 204 g/mol. The van der Waals surface area contributed by atoms with Crippen molar-refractivity contribution in [2.75, 3.05) is 6.61 Å². The zero-order valence-corrected chi connectivity index (χ0v) is 7.79. The summed E-state index contributed by atoms with van der Waals surface area (Å²) in [6, 6.07) is 0. The lowest BCUT2D eigenvalue weighted by molar-refractivity contribution is -0.149. The SMILES string of the molecule is O=C(O)CONC(=O)CCn1cncn1. The second-order valence-electron chi connectivity index (χ2n) is 2.62. The molecule has 8 nitrogen and oxygen atoms in total. The monoisotopic (exact) mass is 214 g/mol. The van der Waals surface area contributed by atoms with Gasteiger partial charge in [-0.05, 0) is 0 Å². The number of nitrogens with one attached hydrogen (secondary N) is 1. The molecule has 0 atom stereocenters. The van der Waals surface area contributed by atoms with Gasteiger partial charge >= 0.3 is 5.97 Å². The van der Waals surface area contributed by atoms with Crippen molar-refractivity contribution in [1.29, 1.82) is 0 Å². The Labute approximate surface area is 84.8 Å². The van der Waals surface area contributed by atoms with E-state index in [-0.39, 0.29) is 6.42 Å². The maximum atomic E-state index is 11.0. The number of carbonyl (C=O) groups excluding carboxylic acids is 1. The van der Waals surface area contributed by atoms with E-state index in [1.165, 1.54) is 17.3 Å². The van der Waals surface area contributed by atoms with Crippen molar-refractivity contribution < 1.29 is 19.5 Å². The van der Waals surface area contributed by atoms with Crippen LogP contribution in [0.15, 0.2) is 12.7 Å². The van der Waals surface area contributed by atoms with Crippen LogP contribution < -0.4 is 5.48 Å². The van der Waals surface area contributed by atoms with E-state index in [4.69, 9.17) is 5.11 Å². The number of nitrogens with zero attached hydrogens (tertiary/aromatic N) is 3. The van der Waals surface area contributed by atoms with Crippen LogP contribution in [-0.2, 0) is 21.0 Å². The fourth-order valence-corrected chi connectivity index (χ4v) is 0.794. The molecule has 1 aromatic heterocycles. The smallest absolute Gasteiger partial charge is 0.332 e. The molecule has 1 aromatic rings. The van der Waals surface area contributed by atoms with Gasteiger partial charge in [-0.2, -0.15) is 5.10 Å². The van der Waals surface area contributed by atoms with E-state index in [1.807, 2.05) is 5.48 Å². The van der Waals surface area contributed by atoms with Crippen molar-refractivity contribution in [3.8, 4) is 0 Å². The van der Waals surface area contributed by atoms with Gasteiger partial charge in [-0.25, -0.2) is 15.3 Å². The van der Waals surface area contributed by atoms with Crippen LogP contribution in [0.25, 0.3) is 0 Å². The fourth-order valence-electron chi connectivity index (χ4n) is 0.794. The summed E-state index contributed by atoms with van der Waals surface area (Å²) in [6.07, 6.45) is 2.98. The van der Waals surface area contributed by atoms with E-state index in [2.05, 4.69) is 14.9 Å². The zero-order valence-electron chi connectivity index (χ0n) is 7.79. The minimum atomic E-state index is -1.15. The van der Waals surface area contributed by atoms with Crippen LogP contribution in [-0.4, -0.2) is 38.4 Å². The van der Waals surface area contributed by atoms with Crippen molar-refractivity contribution in [2.45, 2.75) is 13.0 Å². The van der Waals surface area contributed by atoms with Crippen LogP contribution in [0.5, 0.6) is 0 Å². The topological polar surface area (TPSA) is 106 Å². The Morgan fingerprint density at radius 2 is 2.33 bits per heavy atom. The average molecular weight is 214 g/mol. The van der Waals surface area contributed by atoms with Crippen LogP contribution in [0.3, 0.4) is 0 Å². The summed E-state index contributed by atoms with van der Waals surface area (Å²) < 4.78 is 1.48. The number of carboxylic acids is 1. The first kappa shape index (κ1) is 11.1. The summed E-state index contributed by atoms with van der Waals surface area (Å²) >= 11 is 0. The van der Waals surface area contributed by atoms with E-state index >= 15 is 0 Å². The van der Waals surface area contributed by atoms with E-state index in [0.29, 0.717) is 6.54 Å². The molecule has 8 heteroatoms. The van der Waals surface area contributed by atoms with Gasteiger partial charge in [0.25, 0.3) is 0 Å². The van der Waals surface area contributed by atoms with Crippen LogP contribution >= 0.6 is 0 Å². The molecule has 0 unspecified atom stereocenters. The molecule has 1 rings (SSSR count). The maximum absolute atomic E-state index is 11.0. The molecule has 0 saturated heterocycles. The van der Waals surface area contributed by atoms with E-state index in [0.717, 1.165) is 0 Å². The Morgan fingerprint density at radius 3 is 2.93 bits per heavy atom. The number of amides is 1. The lowest BCUT2D eigenvalue weighted by atomic mass is 10.4. The van der Waals surface area contributed by atoms with Crippen molar-refractivity contribution in [3.63, 3.8) is 0 Å². The predicted molar refractivity (Wildman–Crippen MR) is 46.4 cm³/mol. The minimum absolute atomic E-state index is 0.142. The van der Waals surface area contributed by atoms with Crippen LogP contribution in [0.1, 0.15) is 6.42 Å². The van der Waals surface area contributed by atoms with Crippen LogP contribution in [0, 0.1) is 0 Å². The van der Waals surface area contributed by atoms with E-state index in [9.17, 15) is 9.59 Å². The summed E-state index contributed by atoms with van der Waals surface area (Å²) in [4.78, 5) is 29.1. The third-order valence-corrected chi connectivity index (χ3v) is 1.42.